The maximum absolute atomic E-state index is 3.89. The maximum Gasteiger partial charge on any atom is 0.0181 e. The van der Waals surface area contributed by atoms with Crippen LogP contribution in [-0.2, 0) is 0 Å². The second kappa shape index (κ2) is 5.30. The van der Waals surface area contributed by atoms with Gasteiger partial charge in [0.1, 0.15) is 0 Å². The highest BCUT2D eigenvalue weighted by molar-refractivity contribution is 4.96. The first-order valence-electron chi connectivity index (χ1n) is 7.83. The van der Waals surface area contributed by atoms with Gasteiger partial charge in [-0.15, -0.1) is 0 Å². The fourth-order valence-electron chi connectivity index (χ4n) is 3.87. The van der Waals surface area contributed by atoms with Crippen molar-refractivity contribution < 1.29 is 0 Å². The van der Waals surface area contributed by atoms with E-state index in [0.29, 0.717) is 11.0 Å². The summed E-state index contributed by atoms with van der Waals surface area (Å²) in [5, 5.41) is 3.89. The molecule has 2 rings (SSSR count). The fraction of sp³-hybridized carbons (Fsp3) is 1.00. The highest BCUT2D eigenvalue weighted by Gasteiger charge is 2.39. The Morgan fingerprint density at radius 2 is 1.76 bits per heavy atom. The van der Waals surface area contributed by atoms with Gasteiger partial charge in [0, 0.05) is 5.54 Å². The van der Waals surface area contributed by atoms with E-state index in [1.165, 1.54) is 64.3 Å². The Morgan fingerprint density at radius 3 is 2.41 bits per heavy atom. The first kappa shape index (κ1) is 13.4. The van der Waals surface area contributed by atoms with Crippen molar-refractivity contribution in [3.63, 3.8) is 0 Å². The van der Waals surface area contributed by atoms with Gasteiger partial charge in [-0.05, 0) is 56.4 Å². The Bertz CT molecular complexity index is 226. The smallest absolute Gasteiger partial charge is 0.0181 e. The molecule has 0 atom stereocenters. The minimum Gasteiger partial charge on any atom is -0.311 e. The molecule has 0 aromatic rings. The molecule has 1 nitrogen and oxygen atoms in total. The summed E-state index contributed by atoms with van der Waals surface area (Å²) >= 11 is 0. The number of hydrogen-bond acceptors (Lipinski definition) is 1. The van der Waals surface area contributed by atoms with E-state index in [-0.39, 0.29) is 0 Å². The van der Waals surface area contributed by atoms with Crippen LogP contribution in [0.25, 0.3) is 0 Å². The summed E-state index contributed by atoms with van der Waals surface area (Å²) in [4.78, 5) is 0. The second-order valence-corrected chi connectivity index (χ2v) is 7.13. The first-order valence-corrected chi connectivity index (χ1v) is 7.83. The van der Waals surface area contributed by atoms with E-state index in [4.69, 9.17) is 0 Å². The molecule has 0 radical (unpaired) electrons. The standard InChI is InChI=1S/C16H31N/c1-4-15(2,3)14-8-11-16(12-9-14)10-6-5-7-13-17-16/h14,17H,4-13H2,1-3H3. The zero-order valence-electron chi connectivity index (χ0n) is 12.1. The van der Waals surface area contributed by atoms with Gasteiger partial charge in [0.2, 0.25) is 0 Å². The summed E-state index contributed by atoms with van der Waals surface area (Å²) in [6.07, 6.45) is 12.8. The molecule has 0 unspecified atom stereocenters. The maximum atomic E-state index is 3.89. The largest absolute Gasteiger partial charge is 0.311 e. The van der Waals surface area contributed by atoms with Crippen LogP contribution in [0.5, 0.6) is 0 Å². The van der Waals surface area contributed by atoms with E-state index in [0.717, 1.165) is 5.92 Å². The predicted octanol–water partition coefficient (Wildman–Crippen LogP) is 4.52. The molecule has 0 aromatic heterocycles. The van der Waals surface area contributed by atoms with Crippen LogP contribution < -0.4 is 5.32 Å². The predicted molar refractivity (Wildman–Crippen MR) is 75.2 cm³/mol. The molecular weight excluding hydrogens is 206 g/mol. The molecule has 0 bridgehead atoms. The summed E-state index contributed by atoms with van der Waals surface area (Å²) < 4.78 is 0. The Hall–Kier alpha value is -0.0400. The molecule has 2 fully saturated rings. The van der Waals surface area contributed by atoms with E-state index in [9.17, 15) is 0 Å². The van der Waals surface area contributed by atoms with Gasteiger partial charge in [-0.25, -0.2) is 0 Å². The highest BCUT2D eigenvalue weighted by atomic mass is 15.0. The first-order chi connectivity index (χ1) is 8.08. The minimum atomic E-state index is 0.539. The molecule has 100 valence electrons. The van der Waals surface area contributed by atoms with E-state index < -0.39 is 0 Å². The van der Waals surface area contributed by atoms with Gasteiger partial charge in [0.25, 0.3) is 0 Å². The van der Waals surface area contributed by atoms with Gasteiger partial charge in [0.15, 0.2) is 0 Å². The van der Waals surface area contributed by atoms with Gasteiger partial charge < -0.3 is 5.32 Å². The summed E-state index contributed by atoms with van der Waals surface area (Å²) in [6, 6.07) is 0. The molecule has 1 aliphatic heterocycles. The van der Waals surface area contributed by atoms with Crippen LogP contribution >= 0.6 is 0 Å². The highest BCUT2D eigenvalue weighted by Crippen LogP contribution is 2.45. The van der Waals surface area contributed by atoms with E-state index in [2.05, 4.69) is 26.1 Å². The van der Waals surface area contributed by atoms with Crippen LogP contribution in [0.1, 0.15) is 78.6 Å². The Kier molecular flexibility index (Phi) is 4.18. The van der Waals surface area contributed by atoms with Gasteiger partial charge in [-0.1, -0.05) is 40.0 Å². The monoisotopic (exact) mass is 237 g/mol. The Labute approximate surface area is 108 Å². The zero-order valence-corrected chi connectivity index (χ0v) is 12.1. The topological polar surface area (TPSA) is 12.0 Å². The quantitative estimate of drug-likeness (QED) is 0.745. The van der Waals surface area contributed by atoms with Crippen molar-refractivity contribution >= 4 is 0 Å². The van der Waals surface area contributed by atoms with Gasteiger partial charge in [-0.3, -0.25) is 0 Å². The van der Waals surface area contributed by atoms with Gasteiger partial charge >= 0.3 is 0 Å². The molecule has 1 aliphatic carbocycles. The third kappa shape index (κ3) is 3.05. The number of rotatable bonds is 2. The van der Waals surface area contributed by atoms with Crippen molar-refractivity contribution in [1.82, 2.24) is 5.32 Å². The molecule has 1 saturated heterocycles. The van der Waals surface area contributed by atoms with E-state index >= 15 is 0 Å². The van der Waals surface area contributed by atoms with Gasteiger partial charge in [-0.2, -0.15) is 0 Å². The van der Waals surface area contributed by atoms with E-state index in [1.807, 2.05) is 0 Å². The van der Waals surface area contributed by atoms with Crippen LogP contribution in [0.2, 0.25) is 0 Å². The van der Waals surface area contributed by atoms with Gasteiger partial charge in [0.05, 0.1) is 0 Å². The summed E-state index contributed by atoms with van der Waals surface area (Å²) in [5.74, 6) is 0.961. The van der Waals surface area contributed by atoms with Crippen LogP contribution in [-0.4, -0.2) is 12.1 Å². The molecule has 1 N–H and O–H groups in total. The molecule has 2 aliphatic rings. The van der Waals surface area contributed by atoms with Crippen LogP contribution in [0, 0.1) is 11.3 Å². The third-order valence-electron chi connectivity index (χ3n) is 5.79. The molecule has 0 amide bonds. The lowest BCUT2D eigenvalue weighted by molar-refractivity contribution is 0.0966. The SMILES string of the molecule is CCC(C)(C)C1CCC2(CCCCCN2)CC1. The van der Waals surface area contributed by atoms with Crippen molar-refractivity contribution in [2.45, 2.75) is 84.1 Å². The van der Waals surface area contributed by atoms with Crippen molar-refractivity contribution in [2.75, 3.05) is 6.54 Å². The lowest BCUT2D eigenvalue weighted by Crippen LogP contribution is -2.48. The zero-order chi connectivity index (χ0) is 12.4. The minimum absolute atomic E-state index is 0.539. The molecule has 17 heavy (non-hydrogen) atoms. The lowest BCUT2D eigenvalue weighted by Gasteiger charge is -2.45. The van der Waals surface area contributed by atoms with Crippen molar-refractivity contribution in [1.29, 1.82) is 0 Å². The van der Waals surface area contributed by atoms with Crippen molar-refractivity contribution in [3.05, 3.63) is 0 Å². The number of nitrogens with one attached hydrogen (secondary N) is 1. The van der Waals surface area contributed by atoms with E-state index in [1.54, 1.807) is 0 Å². The molecule has 1 spiro atoms. The molecule has 1 heterocycles. The Morgan fingerprint density at radius 1 is 1.06 bits per heavy atom. The third-order valence-corrected chi connectivity index (χ3v) is 5.79. The van der Waals surface area contributed by atoms with Crippen molar-refractivity contribution in [2.24, 2.45) is 11.3 Å². The molecular formula is C16H31N. The summed E-state index contributed by atoms with van der Waals surface area (Å²) in [7, 11) is 0. The average Bonchev–Trinajstić information content (AvgIpc) is 2.56. The summed E-state index contributed by atoms with van der Waals surface area (Å²) in [5.41, 5.74) is 1.10. The normalized spacial score (nSPS) is 35.8. The fourth-order valence-corrected chi connectivity index (χ4v) is 3.87. The van der Waals surface area contributed by atoms with Crippen LogP contribution in [0.3, 0.4) is 0 Å². The Balaban J connectivity index is 1.92. The molecule has 0 aromatic carbocycles. The average molecular weight is 237 g/mol. The van der Waals surface area contributed by atoms with Crippen LogP contribution in [0.15, 0.2) is 0 Å². The molecule has 1 heteroatoms. The van der Waals surface area contributed by atoms with Crippen LogP contribution in [0.4, 0.5) is 0 Å². The second-order valence-electron chi connectivity index (χ2n) is 7.13. The lowest BCUT2D eigenvalue weighted by atomic mass is 9.65. The molecule has 1 saturated carbocycles. The summed E-state index contributed by atoms with van der Waals surface area (Å²) in [6.45, 7) is 8.56. The number of hydrogen-bond donors (Lipinski definition) is 1. The van der Waals surface area contributed by atoms with Crippen molar-refractivity contribution in [3.8, 4) is 0 Å².